The molecule has 1 saturated carbocycles. The Bertz CT molecular complexity index is 928. The van der Waals surface area contributed by atoms with Gasteiger partial charge in [-0.25, -0.2) is 4.79 Å². The second-order valence-electron chi connectivity index (χ2n) is 12.0. The van der Waals surface area contributed by atoms with Gasteiger partial charge in [-0.15, -0.1) is 0 Å². The molecule has 1 aliphatic rings. The lowest BCUT2D eigenvalue weighted by molar-refractivity contribution is 0.0734. The van der Waals surface area contributed by atoms with Gasteiger partial charge in [0.05, 0.1) is 18.8 Å². The molecule has 1 aliphatic carbocycles. The van der Waals surface area contributed by atoms with Gasteiger partial charge < -0.3 is 14.2 Å². The van der Waals surface area contributed by atoms with Gasteiger partial charge in [-0.05, 0) is 85.5 Å². The molecule has 40 heavy (non-hydrogen) atoms. The van der Waals surface area contributed by atoms with Gasteiger partial charge in [0.1, 0.15) is 17.2 Å². The minimum Gasteiger partial charge on any atom is -0.494 e. The first kappa shape index (κ1) is 32.0. The molecule has 2 aromatic rings. The molecule has 0 saturated heterocycles. The van der Waals surface area contributed by atoms with E-state index in [4.69, 9.17) is 14.2 Å². The number of unbranched alkanes of at least 4 members (excludes halogenated alkanes) is 6. The average molecular weight is 551 g/mol. The molecule has 0 heterocycles. The summed E-state index contributed by atoms with van der Waals surface area (Å²) in [5.74, 6) is 4.16. The van der Waals surface area contributed by atoms with Crippen LogP contribution in [0.25, 0.3) is 0 Å². The fourth-order valence-corrected chi connectivity index (χ4v) is 5.56. The Labute approximate surface area is 244 Å². The van der Waals surface area contributed by atoms with Gasteiger partial charge in [0, 0.05) is 0 Å². The van der Waals surface area contributed by atoms with Crippen molar-refractivity contribution in [3.8, 4) is 17.2 Å². The van der Waals surface area contributed by atoms with Crippen LogP contribution in [-0.4, -0.2) is 19.2 Å². The first-order valence-corrected chi connectivity index (χ1v) is 16.2. The molecular weight excluding hydrogens is 496 g/mol. The fourth-order valence-electron chi connectivity index (χ4n) is 5.56. The predicted octanol–water partition coefficient (Wildman–Crippen LogP) is 10.4. The van der Waals surface area contributed by atoms with Crippen LogP contribution < -0.4 is 14.2 Å². The Kier molecular flexibility index (Phi) is 15.0. The molecule has 0 amide bonds. The average Bonchev–Trinajstić information content (AvgIpc) is 2.99. The lowest BCUT2D eigenvalue weighted by Crippen LogP contribution is -2.20. The van der Waals surface area contributed by atoms with E-state index in [9.17, 15) is 4.79 Å². The molecule has 0 spiro atoms. The van der Waals surface area contributed by atoms with E-state index < -0.39 is 0 Å². The zero-order chi connectivity index (χ0) is 28.4. The van der Waals surface area contributed by atoms with Gasteiger partial charge in [-0.2, -0.15) is 0 Å². The molecule has 0 unspecified atom stereocenters. The molecule has 3 rings (SSSR count). The Morgan fingerprint density at radius 2 is 1.32 bits per heavy atom. The maximum absolute atomic E-state index is 12.6. The highest BCUT2D eigenvalue weighted by atomic mass is 16.5. The van der Waals surface area contributed by atoms with Crippen molar-refractivity contribution in [2.45, 2.75) is 117 Å². The SMILES string of the molecule is CCCCCCCC1CCC(COc2ccc(OC(=O)c3ccc(OCCCCC[C@@H](C)CC)cc3)cc2)CC1. The van der Waals surface area contributed by atoms with Crippen molar-refractivity contribution in [1.82, 2.24) is 0 Å². The van der Waals surface area contributed by atoms with E-state index in [0.29, 0.717) is 23.8 Å². The van der Waals surface area contributed by atoms with Crippen molar-refractivity contribution in [3.05, 3.63) is 54.1 Å². The summed E-state index contributed by atoms with van der Waals surface area (Å²) in [6, 6.07) is 14.6. The Balaban J connectivity index is 1.30. The summed E-state index contributed by atoms with van der Waals surface area (Å²) < 4.78 is 17.5. The lowest BCUT2D eigenvalue weighted by atomic mass is 9.80. The van der Waals surface area contributed by atoms with E-state index in [1.54, 1.807) is 24.3 Å². The van der Waals surface area contributed by atoms with E-state index in [1.165, 1.54) is 89.9 Å². The van der Waals surface area contributed by atoms with Gasteiger partial charge in [0.2, 0.25) is 0 Å². The Morgan fingerprint density at radius 1 is 0.725 bits per heavy atom. The van der Waals surface area contributed by atoms with Crippen LogP contribution in [0, 0.1) is 17.8 Å². The van der Waals surface area contributed by atoms with Crippen molar-refractivity contribution in [2.24, 2.45) is 17.8 Å². The third kappa shape index (κ3) is 12.4. The topological polar surface area (TPSA) is 44.8 Å². The van der Waals surface area contributed by atoms with Crippen LogP contribution in [0.15, 0.2) is 48.5 Å². The summed E-state index contributed by atoms with van der Waals surface area (Å²) in [5.41, 5.74) is 0.512. The lowest BCUT2D eigenvalue weighted by Gasteiger charge is -2.28. The van der Waals surface area contributed by atoms with E-state index in [2.05, 4.69) is 20.8 Å². The minimum atomic E-state index is -0.368. The van der Waals surface area contributed by atoms with Crippen molar-refractivity contribution in [3.63, 3.8) is 0 Å². The maximum atomic E-state index is 12.6. The van der Waals surface area contributed by atoms with Crippen molar-refractivity contribution >= 4 is 5.97 Å². The van der Waals surface area contributed by atoms with Gasteiger partial charge in [-0.1, -0.05) is 97.8 Å². The van der Waals surface area contributed by atoms with Gasteiger partial charge in [0.15, 0.2) is 0 Å². The molecule has 4 nitrogen and oxygen atoms in total. The largest absolute Gasteiger partial charge is 0.494 e. The van der Waals surface area contributed by atoms with E-state index in [0.717, 1.165) is 36.4 Å². The normalized spacial score (nSPS) is 17.8. The number of carbonyl (C=O) groups excluding carboxylic acids is 1. The number of hydrogen-bond donors (Lipinski definition) is 0. The van der Waals surface area contributed by atoms with Crippen molar-refractivity contribution in [2.75, 3.05) is 13.2 Å². The second kappa shape index (κ2) is 18.8. The number of benzene rings is 2. The monoisotopic (exact) mass is 550 g/mol. The summed E-state index contributed by atoms with van der Waals surface area (Å²) in [4.78, 5) is 12.6. The predicted molar refractivity (Wildman–Crippen MR) is 166 cm³/mol. The molecule has 1 atom stereocenters. The van der Waals surface area contributed by atoms with Crippen LogP contribution in [0.4, 0.5) is 0 Å². The van der Waals surface area contributed by atoms with Crippen LogP contribution in [-0.2, 0) is 0 Å². The molecule has 0 bridgehead atoms. The quantitative estimate of drug-likeness (QED) is 0.0991. The Morgan fingerprint density at radius 3 is 2.02 bits per heavy atom. The molecule has 0 aromatic heterocycles. The van der Waals surface area contributed by atoms with Crippen LogP contribution in [0.3, 0.4) is 0 Å². The van der Waals surface area contributed by atoms with E-state index >= 15 is 0 Å². The summed E-state index contributed by atoms with van der Waals surface area (Å²) in [5, 5.41) is 0. The molecular formula is C36H54O4. The summed E-state index contributed by atoms with van der Waals surface area (Å²) >= 11 is 0. The minimum absolute atomic E-state index is 0.368. The second-order valence-corrected chi connectivity index (χ2v) is 12.0. The zero-order valence-electron chi connectivity index (χ0n) is 25.5. The van der Waals surface area contributed by atoms with E-state index in [1.807, 2.05) is 24.3 Å². The zero-order valence-corrected chi connectivity index (χ0v) is 25.5. The first-order valence-electron chi connectivity index (χ1n) is 16.2. The summed E-state index contributed by atoms with van der Waals surface area (Å²) in [7, 11) is 0. The molecule has 0 N–H and O–H groups in total. The molecule has 1 fully saturated rings. The molecule has 0 radical (unpaired) electrons. The van der Waals surface area contributed by atoms with Crippen molar-refractivity contribution in [1.29, 1.82) is 0 Å². The smallest absolute Gasteiger partial charge is 0.343 e. The number of hydrogen-bond acceptors (Lipinski definition) is 4. The van der Waals surface area contributed by atoms with Gasteiger partial charge in [-0.3, -0.25) is 0 Å². The fraction of sp³-hybridized carbons (Fsp3) is 0.639. The summed E-state index contributed by atoms with van der Waals surface area (Å²) in [6.45, 7) is 8.33. The highest BCUT2D eigenvalue weighted by Gasteiger charge is 2.21. The highest BCUT2D eigenvalue weighted by Crippen LogP contribution is 2.32. The maximum Gasteiger partial charge on any atom is 0.343 e. The summed E-state index contributed by atoms with van der Waals surface area (Å²) in [6.07, 6.45) is 19.6. The molecule has 2 aromatic carbocycles. The van der Waals surface area contributed by atoms with Gasteiger partial charge >= 0.3 is 5.97 Å². The number of ether oxygens (including phenoxy) is 3. The molecule has 222 valence electrons. The van der Waals surface area contributed by atoms with Crippen molar-refractivity contribution < 1.29 is 19.0 Å². The number of rotatable bonds is 19. The van der Waals surface area contributed by atoms with Gasteiger partial charge in [0.25, 0.3) is 0 Å². The Hall–Kier alpha value is -2.49. The first-order chi connectivity index (χ1) is 19.6. The number of esters is 1. The molecule has 0 aliphatic heterocycles. The van der Waals surface area contributed by atoms with Crippen LogP contribution in [0.1, 0.15) is 127 Å². The molecule has 4 heteroatoms. The van der Waals surface area contributed by atoms with Crippen LogP contribution >= 0.6 is 0 Å². The highest BCUT2D eigenvalue weighted by molar-refractivity contribution is 5.91. The third-order valence-electron chi connectivity index (χ3n) is 8.60. The third-order valence-corrected chi connectivity index (χ3v) is 8.60. The van der Waals surface area contributed by atoms with Crippen LogP contribution in [0.5, 0.6) is 17.2 Å². The van der Waals surface area contributed by atoms with Crippen LogP contribution in [0.2, 0.25) is 0 Å². The van der Waals surface area contributed by atoms with E-state index in [-0.39, 0.29) is 5.97 Å². The standard InChI is InChI=1S/C36H54O4/c1-4-6-7-8-11-14-30-15-17-31(18-16-30)28-39-34-23-25-35(26-24-34)40-36(37)32-19-21-33(22-20-32)38-27-12-9-10-13-29(3)5-2/h19-26,29-31H,4-18,27-28H2,1-3H3/t29-,30?,31?/m0/s1. The number of carbonyl (C=O) groups is 1.